The summed E-state index contributed by atoms with van der Waals surface area (Å²) in [4.78, 5) is 26.4. The maximum Gasteiger partial charge on any atom is 0.261 e. The predicted octanol–water partition coefficient (Wildman–Crippen LogP) is 1.81. The second-order valence-corrected chi connectivity index (χ2v) is 4.00. The molecule has 1 aromatic heterocycles. The second-order valence-electron chi connectivity index (χ2n) is 4.00. The van der Waals surface area contributed by atoms with Crippen LogP contribution in [-0.2, 0) is 12.8 Å². The van der Waals surface area contributed by atoms with E-state index in [1.807, 2.05) is 32.9 Å². The molecule has 0 aliphatic rings. The van der Waals surface area contributed by atoms with Gasteiger partial charge in [0, 0.05) is 12.2 Å². The molecule has 1 heterocycles. The average molecular weight is 248 g/mol. The number of hydrogen-bond donors (Lipinski definition) is 2. The Morgan fingerprint density at radius 1 is 1.39 bits per heavy atom. The fourth-order valence-corrected chi connectivity index (χ4v) is 1.78. The highest BCUT2D eigenvalue weighted by atomic mass is 16.2. The highest BCUT2D eigenvalue weighted by Gasteiger charge is 2.12. The van der Waals surface area contributed by atoms with E-state index in [2.05, 4.69) is 10.3 Å². The molecular formula is C14H20N2O2. The molecule has 18 heavy (non-hydrogen) atoms. The molecule has 4 nitrogen and oxygen atoms in total. The lowest BCUT2D eigenvalue weighted by Gasteiger charge is -2.08. The van der Waals surface area contributed by atoms with Crippen LogP contribution in [-0.4, -0.2) is 17.4 Å². The van der Waals surface area contributed by atoms with Gasteiger partial charge in [-0.1, -0.05) is 26.0 Å². The first kappa shape index (κ1) is 14.2. The van der Waals surface area contributed by atoms with Gasteiger partial charge in [0.25, 0.3) is 11.5 Å². The normalized spacial score (nSPS) is 10.8. The molecule has 98 valence electrons. The number of H-pyrrole nitrogens is 1. The van der Waals surface area contributed by atoms with E-state index < -0.39 is 0 Å². The van der Waals surface area contributed by atoms with E-state index in [4.69, 9.17) is 0 Å². The van der Waals surface area contributed by atoms with Gasteiger partial charge < -0.3 is 10.3 Å². The topological polar surface area (TPSA) is 62.0 Å². The van der Waals surface area contributed by atoms with Crippen molar-refractivity contribution in [1.82, 2.24) is 10.3 Å². The number of hydrogen-bond acceptors (Lipinski definition) is 2. The monoisotopic (exact) mass is 248 g/mol. The van der Waals surface area contributed by atoms with Crippen molar-refractivity contribution in [2.75, 3.05) is 6.54 Å². The highest BCUT2D eigenvalue weighted by molar-refractivity contribution is 5.94. The Kier molecular flexibility index (Phi) is 5.36. The third-order valence-corrected chi connectivity index (χ3v) is 2.81. The summed E-state index contributed by atoms with van der Waals surface area (Å²) in [6.45, 7) is 6.31. The maximum atomic E-state index is 11.8. The minimum Gasteiger partial charge on any atom is -0.348 e. The van der Waals surface area contributed by atoms with Gasteiger partial charge in [-0.05, 0) is 31.4 Å². The molecule has 0 bridgehead atoms. The number of pyridine rings is 1. The van der Waals surface area contributed by atoms with Crippen molar-refractivity contribution < 1.29 is 4.79 Å². The van der Waals surface area contributed by atoms with Gasteiger partial charge in [-0.3, -0.25) is 9.59 Å². The Balaban J connectivity index is 3.02. The number of rotatable bonds is 5. The van der Waals surface area contributed by atoms with Crippen LogP contribution < -0.4 is 10.9 Å². The van der Waals surface area contributed by atoms with Gasteiger partial charge in [0.2, 0.25) is 0 Å². The highest BCUT2D eigenvalue weighted by Crippen LogP contribution is 2.07. The van der Waals surface area contributed by atoms with Crippen LogP contribution in [0.25, 0.3) is 0 Å². The van der Waals surface area contributed by atoms with Crippen molar-refractivity contribution in [2.24, 2.45) is 0 Å². The van der Waals surface area contributed by atoms with Crippen LogP contribution in [0.4, 0.5) is 0 Å². The number of aromatic amines is 1. The first-order valence-electron chi connectivity index (χ1n) is 6.28. The standard InChI is InChI=1S/C14H20N2O2/c1-4-7-8-15-13(17)11-9-10(5-2)12(6-3)16-14(11)18/h4,7,9H,5-6,8H2,1-3H3,(H,15,17)(H,16,18)/b7-4+. The fraction of sp³-hybridized carbons (Fsp3) is 0.429. The first-order chi connectivity index (χ1) is 8.63. The second kappa shape index (κ2) is 6.79. The summed E-state index contributed by atoms with van der Waals surface area (Å²) >= 11 is 0. The van der Waals surface area contributed by atoms with Crippen molar-refractivity contribution in [3.05, 3.63) is 45.4 Å². The molecule has 0 saturated carbocycles. The van der Waals surface area contributed by atoms with Crippen LogP contribution in [0.3, 0.4) is 0 Å². The molecule has 2 N–H and O–H groups in total. The zero-order valence-corrected chi connectivity index (χ0v) is 11.2. The Morgan fingerprint density at radius 2 is 2.11 bits per heavy atom. The van der Waals surface area contributed by atoms with Gasteiger partial charge in [0.05, 0.1) is 0 Å². The Hall–Kier alpha value is -1.84. The molecule has 0 saturated heterocycles. The predicted molar refractivity (Wildman–Crippen MR) is 73.0 cm³/mol. The zero-order valence-electron chi connectivity index (χ0n) is 11.2. The van der Waals surface area contributed by atoms with Crippen LogP contribution in [0, 0.1) is 0 Å². The Labute approximate surface area is 107 Å². The molecule has 0 radical (unpaired) electrons. The van der Waals surface area contributed by atoms with Crippen LogP contribution in [0.2, 0.25) is 0 Å². The number of carbonyl (C=O) groups excluding carboxylic acids is 1. The van der Waals surface area contributed by atoms with Crippen LogP contribution in [0.5, 0.6) is 0 Å². The van der Waals surface area contributed by atoms with Gasteiger partial charge >= 0.3 is 0 Å². The largest absolute Gasteiger partial charge is 0.348 e. The molecule has 0 atom stereocenters. The lowest BCUT2D eigenvalue weighted by molar-refractivity contribution is 0.0956. The summed E-state index contributed by atoms with van der Waals surface area (Å²) < 4.78 is 0. The summed E-state index contributed by atoms with van der Waals surface area (Å²) in [5.41, 5.74) is 1.80. The average Bonchev–Trinajstić information content (AvgIpc) is 2.38. The number of allylic oxidation sites excluding steroid dienone is 1. The third kappa shape index (κ3) is 3.32. The van der Waals surface area contributed by atoms with E-state index in [-0.39, 0.29) is 17.0 Å². The number of nitrogens with one attached hydrogen (secondary N) is 2. The molecule has 0 aliphatic heterocycles. The minimum absolute atomic E-state index is 0.188. The summed E-state index contributed by atoms with van der Waals surface area (Å²) in [6, 6.07) is 1.70. The zero-order chi connectivity index (χ0) is 13.5. The van der Waals surface area contributed by atoms with Gasteiger partial charge in [-0.15, -0.1) is 0 Å². The van der Waals surface area contributed by atoms with E-state index in [9.17, 15) is 9.59 Å². The summed E-state index contributed by atoms with van der Waals surface area (Å²) in [6.07, 6.45) is 5.24. The van der Waals surface area contributed by atoms with Crippen molar-refractivity contribution in [2.45, 2.75) is 33.6 Å². The van der Waals surface area contributed by atoms with E-state index >= 15 is 0 Å². The molecule has 1 rings (SSSR count). The molecule has 0 aliphatic carbocycles. The van der Waals surface area contributed by atoms with Crippen LogP contribution in [0.1, 0.15) is 42.4 Å². The van der Waals surface area contributed by atoms with Crippen molar-refractivity contribution >= 4 is 5.91 Å². The van der Waals surface area contributed by atoms with Gasteiger partial charge in [-0.25, -0.2) is 0 Å². The number of aryl methyl sites for hydroxylation is 2. The molecular weight excluding hydrogens is 228 g/mol. The van der Waals surface area contributed by atoms with E-state index in [0.717, 1.165) is 24.1 Å². The van der Waals surface area contributed by atoms with E-state index in [0.29, 0.717) is 6.54 Å². The maximum absolute atomic E-state index is 11.8. The minimum atomic E-state index is -0.327. The van der Waals surface area contributed by atoms with Crippen LogP contribution >= 0.6 is 0 Å². The van der Waals surface area contributed by atoms with Crippen molar-refractivity contribution in [1.29, 1.82) is 0 Å². The smallest absolute Gasteiger partial charge is 0.261 e. The van der Waals surface area contributed by atoms with Crippen molar-refractivity contribution in [3.63, 3.8) is 0 Å². The summed E-state index contributed by atoms with van der Waals surface area (Å²) in [5, 5.41) is 2.68. The molecule has 0 unspecified atom stereocenters. The Morgan fingerprint density at radius 3 is 2.67 bits per heavy atom. The van der Waals surface area contributed by atoms with Gasteiger partial charge in [-0.2, -0.15) is 0 Å². The molecule has 4 heteroatoms. The Bertz CT molecular complexity index is 501. The molecule has 1 amide bonds. The lowest BCUT2D eigenvalue weighted by Crippen LogP contribution is -2.30. The molecule has 0 spiro atoms. The molecule has 0 aromatic carbocycles. The molecule has 0 fully saturated rings. The number of carbonyl (C=O) groups is 1. The van der Waals surface area contributed by atoms with Crippen LogP contribution in [0.15, 0.2) is 23.0 Å². The van der Waals surface area contributed by atoms with E-state index in [1.54, 1.807) is 6.07 Å². The summed E-state index contributed by atoms with van der Waals surface area (Å²) in [7, 11) is 0. The third-order valence-electron chi connectivity index (χ3n) is 2.81. The quantitative estimate of drug-likeness (QED) is 0.781. The first-order valence-corrected chi connectivity index (χ1v) is 6.28. The SMILES string of the molecule is C/C=C/CNC(=O)c1cc(CC)c(CC)[nH]c1=O. The van der Waals surface area contributed by atoms with Gasteiger partial charge in [0.1, 0.15) is 5.56 Å². The number of aromatic nitrogens is 1. The summed E-state index contributed by atoms with van der Waals surface area (Å²) in [5.74, 6) is -0.327. The van der Waals surface area contributed by atoms with Crippen molar-refractivity contribution in [3.8, 4) is 0 Å². The fourth-order valence-electron chi connectivity index (χ4n) is 1.78. The molecule has 1 aromatic rings. The lowest BCUT2D eigenvalue weighted by atomic mass is 10.1. The van der Waals surface area contributed by atoms with E-state index in [1.165, 1.54) is 0 Å². The number of amides is 1. The van der Waals surface area contributed by atoms with Gasteiger partial charge in [0.15, 0.2) is 0 Å².